The lowest BCUT2D eigenvalue weighted by atomic mass is 10.1. The van der Waals surface area contributed by atoms with Gasteiger partial charge in [0.15, 0.2) is 0 Å². The first kappa shape index (κ1) is 18.4. The van der Waals surface area contributed by atoms with Crippen molar-refractivity contribution in [1.29, 1.82) is 0 Å². The van der Waals surface area contributed by atoms with Crippen LogP contribution in [-0.4, -0.2) is 61.9 Å². The van der Waals surface area contributed by atoms with Crippen LogP contribution in [0.1, 0.15) is 42.6 Å². The third kappa shape index (κ3) is 3.73. The van der Waals surface area contributed by atoms with Crippen molar-refractivity contribution in [3.05, 3.63) is 29.3 Å². The number of ether oxygens (including phenoxy) is 1. The van der Waals surface area contributed by atoms with Gasteiger partial charge in [0.25, 0.3) is 5.91 Å². The Balaban J connectivity index is 1.93. The molecule has 138 valence electrons. The van der Waals surface area contributed by atoms with E-state index in [9.17, 15) is 13.2 Å². The Morgan fingerprint density at radius 2 is 1.88 bits per heavy atom. The van der Waals surface area contributed by atoms with E-state index < -0.39 is 10.0 Å². The monoisotopic (exact) mass is 366 g/mol. The molecular weight excluding hydrogens is 340 g/mol. The standard InChI is InChI=1S/C18H26N2O4S/c1-13(2)20(16-6-7-16)18(21)15-5-4-14(3)17(12-15)25(22,23)19-8-10-24-11-9-19/h4-5,12-13,16H,6-11H2,1-3H3. The molecule has 1 aliphatic heterocycles. The minimum Gasteiger partial charge on any atom is -0.379 e. The highest BCUT2D eigenvalue weighted by Gasteiger charge is 2.35. The molecule has 1 amide bonds. The maximum Gasteiger partial charge on any atom is 0.254 e. The number of rotatable bonds is 5. The Kier molecular flexibility index (Phi) is 5.18. The van der Waals surface area contributed by atoms with Crippen molar-refractivity contribution in [2.75, 3.05) is 26.3 Å². The average Bonchev–Trinajstić information content (AvgIpc) is 3.40. The second kappa shape index (κ2) is 7.05. The summed E-state index contributed by atoms with van der Waals surface area (Å²) in [5, 5.41) is 0. The number of hydrogen-bond donors (Lipinski definition) is 0. The molecule has 25 heavy (non-hydrogen) atoms. The van der Waals surface area contributed by atoms with E-state index in [1.54, 1.807) is 25.1 Å². The zero-order valence-electron chi connectivity index (χ0n) is 15.1. The quantitative estimate of drug-likeness (QED) is 0.800. The summed E-state index contributed by atoms with van der Waals surface area (Å²) in [5.41, 5.74) is 1.10. The summed E-state index contributed by atoms with van der Waals surface area (Å²) < 4.78 is 32.6. The zero-order valence-corrected chi connectivity index (χ0v) is 15.9. The molecule has 0 aromatic heterocycles. The van der Waals surface area contributed by atoms with Crippen LogP contribution >= 0.6 is 0 Å². The van der Waals surface area contributed by atoms with Crippen LogP contribution in [-0.2, 0) is 14.8 Å². The maximum absolute atomic E-state index is 13.0. The number of morpholine rings is 1. The van der Waals surface area contributed by atoms with E-state index >= 15 is 0 Å². The molecule has 0 spiro atoms. The highest BCUT2D eigenvalue weighted by atomic mass is 32.2. The van der Waals surface area contributed by atoms with Crippen molar-refractivity contribution >= 4 is 15.9 Å². The smallest absolute Gasteiger partial charge is 0.254 e. The predicted octanol–water partition coefficient (Wildman–Crippen LogP) is 2.03. The van der Waals surface area contributed by atoms with E-state index in [2.05, 4.69) is 0 Å². The molecule has 1 aromatic carbocycles. The summed E-state index contributed by atoms with van der Waals surface area (Å²) in [6, 6.07) is 5.38. The third-order valence-electron chi connectivity index (χ3n) is 4.75. The van der Waals surface area contributed by atoms with E-state index in [1.807, 2.05) is 18.7 Å². The van der Waals surface area contributed by atoms with Gasteiger partial charge in [0.05, 0.1) is 18.1 Å². The lowest BCUT2D eigenvalue weighted by Crippen LogP contribution is -2.41. The fourth-order valence-electron chi connectivity index (χ4n) is 3.26. The van der Waals surface area contributed by atoms with Crippen LogP contribution in [0.3, 0.4) is 0 Å². The SMILES string of the molecule is Cc1ccc(C(=O)N(C(C)C)C2CC2)cc1S(=O)(=O)N1CCOCC1. The fraction of sp³-hybridized carbons (Fsp3) is 0.611. The number of aryl methyl sites for hydroxylation is 1. The molecule has 0 N–H and O–H groups in total. The van der Waals surface area contributed by atoms with Gasteiger partial charge in [0.1, 0.15) is 0 Å². The van der Waals surface area contributed by atoms with E-state index in [0.717, 1.165) is 12.8 Å². The van der Waals surface area contributed by atoms with Gasteiger partial charge in [-0.15, -0.1) is 0 Å². The molecule has 7 heteroatoms. The van der Waals surface area contributed by atoms with Gasteiger partial charge in [-0.1, -0.05) is 6.07 Å². The number of carbonyl (C=O) groups is 1. The highest BCUT2D eigenvalue weighted by Crippen LogP contribution is 2.31. The van der Waals surface area contributed by atoms with Crippen molar-refractivity contribution in [2.45, 2.75) is 50.6 Å². The van der Waals surface area contributed by atoms with Crippen LogP contribution in [0.5, 0.6) is 0 Å². The van der Waals surface area contributed by atoms with Crippen molar-refractivity contribution < 1.29 is 17.9 Å². The van der Waals surface area contributed by atoms with Crippen LogP contribution in [0.4, 0.5) is 0 Å². The summed E-state index contributed by atoms with van der Waals surface area (Å²) >= 11 is 0. The van der Waals surface area contributed by atoms with Crippen LogP contribution in [0.2, 0.25) is 0 Å². The lowest BCUT2D eigenvalue weighted by molar-refractivity contribution is 0.0689. The molecule has 2 fully saturated rings. The van der Waals surface area contributed by atoms with Gasteiger partial charge < -0.3 is 9.64 Å². The number of sulfonamides is 1. The number of benzene rings is 1. The largest absolute Gasteiger partial charge is 0.379 e. The molecule has 6 nitrogen and oxygen atoms in total. The van der Waals surface area contributed by atoms with Crippen molar-refractivity contribution in [2.24, 2.45) is 0 Å². The molecule has 1 saturated carbocycles. The summed E-state index contributed by atoms with van der Waals surface area (Å²) in [6.45, 7) is 7.26. The molecule has 0 radical (unpaired) electrons. The molecule has 3 rings (SSSR count). The average molecular weight is 366 g/mol. The maximum atomic E-state index is 13.0. The minimum atomic E-state index is -3.62. The van der Waals surface area contributed by atoms with Gasteiger partial charge in [0.2, 0.25) is 10.0 Å². The van der Waals surface area contributed by atoms with E-state index in [-0.39, 0.29) is 22.9 Å². The van der Waals surface area contributed by atoms with Crippen LogP contribution in [0.25, 0.3) is 0 Å². The van der Waals surface area contributed by atoms with Gasteiger partial charge >= 0.3 is 0 Å². The molecule has 1 heterocycles. The molecule has 1 aliphatic carbocycles. The van der Waals surface area contributed by atoms with Crippen LogP contribution in [0, 0.1) is 6.92 Å². The van der Waals surface area contributed by atoms with Gasteiger partial charge in [-0.2, -0.15) is 4.31 Å². The first-order valence-corrected chi connectivity index (χ1v) is 10.3. The van der Waals surface area contributed by atoms with Gasteiger partial charge in [-0.05, 0) is 51.3 Å². The lowest BCUT2D eigenvalue weighted by Gasteiger charge is -2.28. The second-order valence-corrected chi connectivity index (χ2v) is 8.94. The summed E-state index contributed by atoms with van der Waals surface area (Å²) in [5.74, 6) is -0.0871. The Hall–Kier alpha value is -1.44. The fourth-order valence-corrected chi connectivity index (χ4v) is 4.92. The summed E-state index contributed by atoms with van der Waals surface area (Å²) in [4.78, 5) is 15.0. The van der Waals surface area contributed by atoms with Gasteiger partial charge in [-0.3, -0.25) is 4.79 Å². The van der Waals surface area contributed by atoms with Crippen molar-refractivity contribution in [3.8, 4) is 0 Å². The van der Waals surface area contributed by atoms with Gasteiger partial charge in [0, 0.05) is 30.7 Å². The summed E-state index contributed by atoms with van der Waals surface area (Å²) in [6.07, 6.45) is 2.05. The molecule has 0 unspecified atom stereocenters. The molecular formula is C18H26N2O4S. The zero-order chi connectivity index (χ0) is 18.2. The Bertz CT molecular complexity index is 748. The second-order valence-electron chi connectivity index (χ2n) is 7.03. The van der Waals surface area contributed by atoms with Crippen molar-refractivity contribution in [3.63, 3.8) is 0 Å². The highest BCUT2D eigenvalue weighted by molar-refractivity contribution is 7.89. The van der Waals surface area contributed by atoms with Crippen LogP contribution in [0.15, 0.2) is 23.1 Å². The molecule has 1 aromatic rings. The predicted molar refractivity (Wildman–Crippen MR) is 95.1 cm³/mol. The van der Waals surface area contributed by atoms with Crippen molar-refractivity contribution in [1.82, 2.24) is 9.21 Å². The topological polar surface area (TPSA) is 66.9 Å². The molecule has 2 aliphatic rings. The minimum absolute atomic E-state index is 0.0871. The summed E-state index contributed by atoms with van der Waals surface area (Å²) in [7, 11) is -3.62. The Morgan fingerprint density at radius 1 is 1.24 bits per heavy atom. The third-order valence-corrected chi connectivity index (χ3v) is 6.79. The normalized spacial score (nSPS) is 19.2. The Morgan fingerprint density at radius 3 is 2.44 bits per heavy atom. The first-order chi connectivity index (χ1) is 11.8. The van der Waals surface area contributed by atoms with Crippen LogP contribution < -0.4 is 0 Å². The van der Waals surface area contributed by atoms with E-state index in [1.165, 1.54) is 4.31 Å². The first-order valence-electron chi connectivity index (χ1n) is 8.83. The number of carbonyl (C=O) groups excluding carboxylic acids is 1. The van der Waals surface area contributed by atoms with E-state index in [0.29, 0.717) is 37.4 Å². The molecule has 0 atom stereocenters. The molecule has 0 bridgehead atoms. The number of hydrogen-bond acceptors (Lipinski definition) is 4. The number of amides is 1. The Labute approximate surface area is 149 Å². The van der Waals surface area contributed by atoms with Gasteiger partial charge in [-0.25, -0.2) is 8.42 Å². The van der Waals surface area contributed by atoms with E-state index in [4.69, 9.17) is 4.74 Å². The molecule has 1 saturated heterocycles. The number of nitrogens with zero attached hydrogens (tertiary/aromatic N) is 2.